The minimum absolute atomic E-state index is 0.380. The number of fused-ring (bicyclic) bond motifs is 1. The summed E-state index contributed by atoms with van der Waals surface area (Å²) in [6.45, 7) is 5.39. The number of rotatable bonds is 3. The van der Waals surface area contributed by atoms with Gasteiger partial charge in [-0.05, 0) is 44.5 Å². The van der Waals surface area contributed by atoms with E-state index in [1.54, 1.807) is 12.1 Å². The number of aromatic nitrogens is 1. The number of H-pyrrole nitrogens is 1. The summed E-state index contributed by atoms with van der Waals surface area (Å²) in [4.78, 5) is 25.9. The maximum atomic E-state index is 11.9. The van der Waals surface area contributed by atoms with E-state index in [0.717, 1.165) is 22.2 Å². The molecule has 1 amide bonds. The van der Waals surface area contributed by atoms with E-state index in [9.17, 15) is 9.59 Å². The highest BCUT2D eigenvalue weighted by molar-refractivity contribution is 6.00. The molecule has 1 aromatic carbocycles. The Morgan fingerprint density at radius 1 is 1.32 bits per heavy atom. The van der Waals surface area contributed by atoms with Crippen molar-refractivity contribution in [3.05, 3.63) is 35.0 Å². The molecule has 1 aromatic heterocycles. The molecule has 100 valence electrons. The molecule has 3 N–H and O–H groups in total. The minimum atomic E-state index is -1.05. The highest BCUT2D eigenvalue weighted by Gasteiger charge is 2.16. The van der Waals surface area contributed by atoms with Crippen LogP contribution < -0.4 is 5.32 Å². The van der Waals surface area contributed by atoms with Gasteiger partial charge in [0.15, 0.2) is 0 Å². The first-order valence-corrected chi connectivity index (χ1v) is 6.02. The molecule has 0 aliphatic carbocycles. The molecule has 5 nitrogen and oxygen atoms in total. The van der Waals surface area contributed by atoms with Gasteiger partial charge in [0.2, 0.25) is 0 Å². The fourth-order valence-corrected chi connectivity index (χ4v) is 1.94. The summed E-state index contributed by atoms with van der Waals surface area (Å²) in [7, 11) is 0. The highest BCUT2D eigenvalue weighted by atomic mass is 16.4. The highest BCUT2D eigenvalue weighted by Crippen LogP contribution is 2.22. The van der Waals surface area contributed by atoms with E-state index in [2.05, 4.69) is 10.3 Å². The van der Waals surface area contributed by atoms with Crippen LogP contribution in [0.4, 0.5) is 0 Å². The number of carbonyl (C=O) groups is 2. The van der Waals surface area contributed by atoms with Gasteiger partial charge in [-0.3, -0.25) is 9.59 Å². The van der Waals surface area contributed by atoms with Crippen LogP contribution in [0.1, 0.15) is 28.5 Å². The molecule has 0 bridgehead atoms. The van der Waals surface area contributed by atoms with Crippen molar-refractivity contribution in [2.45, 2.75) is 26.8 Å². The van der Waals surface area contributed by atoms with Gasteiger partial charge >= 0.3 is 5.97 Å². The molecule has 2 rings (SSSR count). The number of carboxylic acids is 1. The number of amides is 1. The van der Waals surface area contributed by atoms with Crippen LogP contribution in [-0.2, 0) is 4.79 Å². The number of aromatic amines is 1. The number of nitrogens with one attached hydrogen (secondary N) is 2. The van der Waals surface area contributed by atoms with Gasteiger partial charge in [-0.25, -0.2) is 0 Å². The Morgan fingerprint density at radius 3 is 2.63 bits per heavy atom. The number of hydrogen-bond donors (Lipinski definition) is 3. The average Bonchev–Trinajstić information content (AvgIpc) is 2.64. The first-order chi connectivity index (χ1) is 8.90. The largest absolute Gasteiger partial charge is 0.480 e. The van der Waals surface area contributed by atoms with Gasteiger partial charge in [-0.15, -0.1) is 0 Å². The lowest BCUT2D eigenvalue weighted by atomic mass is 10.1. The van der Waals surface area contributed by atoms with E-state index in [-0.39, 0.29) is 5.91 Å². The van der Waals surface area contributed by atoms with Gasteiger partial charge in [0.25, 0.3) is 5.91 Å². The van der Waals surface area contributed by atoms with E-state index < -0.39 is 12.0 Å². The van der Waals surface area contributed by atoms with E-state index in [1.165, 1.54) is 6.92 Å². The summed E-state index contributed by atoms with van der Waals surface area (Å²) in [5, 5.41) is 12.2. The van der Waals surface area contributed by atoms with Gasteiger partial charge in [-0.1, -0.05) is 0 Å². The molecule has 0 aliphatic heterocycles. The Balaban J connectivity index is 2.33. The number of carboxylic acid groups (broad SMARTS) is 1. The Kier molecular flexibility index (Phi) is 3.29. The molecule has 2 aromatic rings. The van der Waals surface area contributed by atoms with Crippen LogP contribution in [0, 0.1) is 13.8 Å². The van der Waals surface area contributed by atoms with E-state index in [4.69, 9.17) is 5.11 Å². The number of aryl methyl sites for hydroxylation is 2. The molecule has 0 saturated heterocycles. The number of aliphatic carboxylic acids is 1. The Hall–Kier alpha value is -2.30. The summed E-state index contributed by atoms with van der Waals surface area (Å²) < 4.78 is 0. The second-order valence-electron chi connectivity index (χ2n) is 4.67. The average molecular weight is 260 g/mol. The third-order valence-electron chi connectivity index (χ3n) is 3.29. The Morgan fingerprint density at radius 2 is 2.00 bits per heavy atom. The van der Waals surface area contributed by atoms with Crippen LogP contribution in [-0.4, -0.2) is 28.0 Å². The number of hydrogen-bond acceptors (Lipinski definition) is 2. The zero-order valence-electron chi connectivity index (χ0n) is 11.1. The van der Waals surface area contributed by atoms with Crippen molar-refractivity contribution in [3.8, 4) is 0 Å². The van der Waals surface area contributed by atoms with Crippen molar-refractivity contribution in [2.75, 3.05) is 0 Å². The van der Waals surface area contributed by atoms with E-state index >= 15 is 0 Å². The second kappa shape index (κ2) is 4.76. The van der Waals surface area contributed by atoms with Crippen molar-refractivity contribution in [3.63, 3.8) is 0 Å². The smallest absolute Gasteiger partial charge is 0.325 e. The third kappa shape index (κ3) is 2.45. The van der Waals surface area contributed by atoms with Crippen molar-refractivity contribution in [2.24, 2.45) is 0 Å². The van der Waals surface area contributed by atoms with Crippen molar-refractivity contribution >= 4 is 22.8 Å². The maximum Gasteiger partial charge on any atom is 0.325 e. The summed E-state index contributed by atoms with van der Waals surface area (Å²) in [5.74, 6) is -1.43. The third-order valence-corrected chi connectivity index (χ3v) is 3.29. The number of carbonyl (C=O) groups excluding carboxylic acids is 1. The van der Waals surface area contributed by atoms with Crippen LogP contribution >= 0.6 is 0 Å². The minimum Gasteiger partial charge on any atom is -0.480 e. The predicted molar refractivity (Wildman–Crippen MR) is 72.3 cm³/mol. The molecule has 5 heteroatoms. The molecule has 0 spiro atoms. The SMILES string of the molecule is Cc1[nH]c2ccc(C(=O)NC(C)C(=O)O)cc2c1C. The first-order valence-electron chi connectivity index (χ1n) is 6.02. The molecule has 1 atom stereocenters. The summed E-state index contributed by atoms with van der Waals surface area (Å²) in [6.07, 6.45) is 0. The van der Waals surface area contributed by atoms with Crippen LogP contribution in [0.2, 0.25) is 0 Å². The van der Waals surface area contributed by atoms with Crippen molar-refractivity contribution < 1.29 is 14.7 Å². The Bertz CT molecular complexity index is 658. The molecule has 1 unspecified atom stereocenters. The topological polar surface area (TPSA) is 82.2 Å². The van der Waals surface area contributed by atoms with Gasteiger partial charge < -0.3 is 15.4 Å². The molecule has 0 radical (unpaired) electrons. The van der Waals surface area contributed by atoms with Gasteiger partial charge in [0, 0.05) is 22.2 Å². The van der Waals surface area contributed by atoms with Crippen LogP contribution in [0.25, 0.3) is 10.9 Å². The second-order valence-corrected chi connectivity index (χ2v) is 4.67. The number of benzene rings is 1. The molecular weight excluding hydrogens is 244 g/mol. The maximum absolute atomic E-state index is 11.9. The summed E-state index contributed by atoms with van der Waals surface area (Å²) in [5.41, 5.74) is 3.59. The van der Waals surface area contributed by atoms with Gasteiger partial charge in [0.1, 0.15) is 6.04 Å². The molecule has 1 heterocycles. The standard InChI is InChI=1S/C14H16N2O3/c1-7-8(2)15-12-5-4-10(6-11(7)12)13(17)16-9(3)14(18)19/h4-6,9,15H,1-3H3,(H,16,17)(H,18,19). The van der Waals surface area contributed by atoms with Crippen molar-refractivity contribution in [1.29, 1.82) is 0 Å². The fourth-order valence-electron chi connectivity index (χ4n) is 1.94. The zero-order chi connectivity index (χ0) is 14.2. The lowest BCUT2D eigenvalue weighted by Crippen LogP contribution is -2.38. The molecule has 0 fully saturated rings. The zero-order valence-corrected chi connectivity index (χ0v) is 11.1. The lowest BCUT2D eigenvalue weighted by Gasteiger charge is -2.09. The normalized spacial score (nSPS) is 12.4. The molecule has 19 heavy (non-hydrogen) atoms. The van der Waals surface area contributed by atoms with Crippen molar-refractivity contribution in [1.82, 2.24) is 10.3 Å². The quantitative estimate of drug-likeness (QED) is 0.789. The molecule has 0 aliphatic rings. The molecular formula is C14H16N2O3. The van der Waals surface area contributed by atoms with Crippen LogP contribution in [0.3, 0.4) is 0 Å². The predicted octanol–water partition coefficient (Wildman–Crippen LogP) is 1.99. The first kappa shape index (κ1) is 13.1. The summed E-state index contributed by atoms with van der Waals surface area (Å²) >= 11 is 0. The molecule has 0 saturated carbocycles. The lowest BCUT2D eigenvalue weighted by molar-refractivity contribution is -0.138. The Labute approximate surface area is 110 Å². The van der Waals surface area contributed by atoms with E-state index in [0.29, 0.717) is 5.56 Å². The van der Waals surface area contributed by atoms with Gasteiger partial charge in [-0.2, -0.15) is 0 Å². The van der Waals surface area contributed by atoms with Crippen LogP contribution in [0.15, 0.2) is 18.2 Å². The fraction of sp³-hybridized carbons (Fsp3) is 0.286. The van der Waals surface area contributed by atoms with Crippen LogP contribution in [0.5, 0.6) is 0 Å². The summed E-state index contributed by atoms with van der Waals surface area (Å²) in [6, 6.07) is 4.38. The monoisotopic (exact) mass is 260 g/mol. The van der Waals surface area contributed by atoms with E-state index in [1.807, 2.05) is 19.9 Å². The van der Waals surface area contributed by atoms with Gasteiger partial charge in [0.05, 0.1) is 0 Å².